The van der Waals surface area contributed by atoms with Gasteiger partial charge in [-0.2, -0.15) is 0 Å². The van der Waals surface area contributed by atoms with Gasteiger partial charge in [0.1, 0.15) is 69.0 Å². The number of rotatable bonds is 19. The number of halogens is 4. The highest BCUT2D eigenvalue weighted by Crippen LogP contribution is 2.48. The molecule has 728 valence electrons. The summed E-state index contributed by atoms with van der Waals surface area (Å²) in [6.45, 7) is 26.9. The van der Waals surface area contributed by atoms with Crippen molar-refractivity contribution in [1.82, 2.24) is 0 Å². The van der Waals surface area contributed by atoms with Crippen LogP contribution in [0.3, 0.4) is 0 Å². The van der Waals surface area contributed by atoms with Crippen LogP contribution in [0.5, 0.6) is 11.5 Å². The van der Waals surface area contributed by atoms with Crippen LogP contribution in [0.4, 0.5) is 0 Å². The van der Waals surface area contributed by atoms with E-state index in [9.17, 15) is 14.4 Å². The van der Waals surface area contributed by atoms with Crippen molar-refractivity contribution >= 4 is 113 Å². The van der Waals surface area contributed by atoms with Crippen LogP contribution in [0.1, 0.15) is 242 Å². The van der Waals surface area contributed by atoms with Crippen LogP contribution < -0.4 is 99.8 Å². The third-order valence-corrected chi connectivity index (χ3v) is 44.4. The molecule has 1 aromatic heterocycles. The van der Waals surface area contributed by atoms with Gasteiger partial charge in [-0.3, -0.25) is 14.4 Å². The number of benzene rings is 12. The van der Waals surface area contributed by atoms with E-state index in [4.69, 9.17) is 9.47 Å². The number of hydrogen-bond donors (Lipinski definition) is 0. The zero-order valence-corrected chi connectivity index (χ0v) is 98.2. The lowest BCUT2D eigenvalue weighted by Gasteiger charge is -2.23. The maximum atomic E-state index is 12.9. The smallest absolute Gasteiger partial charge is 0.296 e. The van der Waals surface area contributed by atoms with Gasteiger partial charge in [0.15, 0.2) is 60.4 Å². The molecule has 6 fully saturated rings. The van der Waals surface area contributed by atoms with Crippen molar-refractivity contribution in [3.05, 3.63) is 345 Å². The Morgan fingerprint density at radius 2 is 0.788 bits per heavy atom. The molecular weight excluding hydrogens is 2250 g/mol. The minimum Gasteiger partial charge on any atom is -0.497 e. The molecular formula is C122H156I4O5S6+10. The van der Waals surface area contributed by atoms with Gasteiger partial charge in [-0.05, 0) is 286 Å². The summed E-state index contributed by atoms with van der Waals surface area (Å²) in [4.78, 5) is 40.9. The fraction of sp³-hybridized carbons (Fsp3) is 0.402. The summed E-state index contributed by atoms with van der Waals surface area (Å²) in [5.74, 6) is 18.8. The van der Waals surface area contributed by atoms with Gasteiger partial charge in [-0.25, -0.2) is 0 Å². The molecule has 0 spiro atoms. The molecule has 0 unspecified atom stereocenters. The molecule has 0 radical (unpaired) electrons. The van der Waals surface area contributed by atoms with Crippen LogP contribution in [0, 0.1) is 19.7 Å². The number of carbonyl (C=O) groups is 3. The molecule has 0 N–H and O–H groups in total. The third kappa shape index (κ3) is 37.5. The summed E-state index contributed by atoms with van der Waals surface area (Å²) in [5.41, 5.74) is 6.59. The first-order valence-electron chi connectivity index (χ1n) is 49.9. The minimum absolute atomic E-state index is 0.0594. The van der Waals surface area contributed by atoms with Gasteiger partial charge in [0, 0.05) is 81.2 Å². The monoisotopic (exact) mass is 2400 g/mol. The first-order chi connectivity index (χ1) is 66.0. The van der Waals surface area contributed by atoms with E-state index in [2.05, 4.69) is 315 Å². The van der Waals surface area contributed by atoms with Crippen molar-refractivity contribution in [1.29, 1.82) is 0 Å². The number of hydrogen-bond acceptors (Lipinski definition) is 5. The van der Waals surface area contributed by atoms with E-state index in [1.807, 2.05) is 161 Å². The Labute approximate surface area is 897 Å². The van der Waals surface area contributed by atoms with Crippen molar-refractivity contribution in [3.63, 3.8) is 0 Å². The van der Waals surface area contributed by atoms with E-state index >= 15 is 0 Å². The average molecular weight is 2400 g/mol. The van der Waals surface area contributed by atoms with Gasteiger partial charge < -0.3 is 9.47 Å². The van der Waals surface area contributed by atoms with Gasteiger partial charge in [0.2, 0.25) is 11.6 Å². The predicted octanol–water partition coefficient (Wildman–Crippen LogP) is 17.9. The zero-order valence-electron chi connectivity index (χ0n) is 84.0. The van der Waals surface area contributed by atoms with Gasteiger partial charge in [-0.15, -0.1) is 0 Å². The van der Waals surface area contributed by atoms with E-state index in [-0.39, 0.29) is 36.9 Å². The summed E-state index contributed by atoms with van der Waals surface area (Å²) >= 11 is 8.11. The zero-order chi connectivity index (χ0) is 98.0. The quantitative estimate of drug-likeness (QED) is 0.0349. The lowest BCUT2D eigenvalue weighted by Crippen LogP contribution is -3.34. The summed E-state index contributed by atoms with van der Waals surface area (Å²) in [7, 11) is 3.92. The van der Waals surface area contributed by atoms with Crippen LogP contribution in [0.2, 0.25) is 0 Å². The highest BCUT2D eigenvalue weighted by Gasteiger charge is 2.47. The molecule has 6 aliphatic rings. The topological polar surface area (TPSA) is 69.7 Å². The maximum absolute atomic E-state index is 12.9. The maximum Gasteiger partial charge on any atom is 0.296 e. The fourth-order valence-corrected chi connectivity index (χ4v) is 33.4. The van der Waals surface area contributed by atoms with Crippen LogP contribution in [-0.2, 0) is 70.1 Å². The van der Waals surface area contributed by atoms with E-state index in [1.165, 1.54) is 233 Å². The molecule has 0 amide bonds. The fourth-order valence-electron chi connectivity index (χ4n) is 17.0. The number of fused-ring (bicyclic) bond motifs is 4. The summed E-state index contributed by atoms with van der Waals surface area (Å²) in [6.07, 6.45) is 23.9. The van der Waals surface area contributed by atoms with Crippen molar-refractivity contribution in [2.45, 2.75) is 230 Å². The van der Waals surface area contributed by atoms with E-state index in [0.29, 0.717) is 66.3 Å². The van der Waals surface area contributed by atoms with Gasteiger partial charge in [-0.1, -0.05) is 271 Å². The highest BCUT2D eigenvalue weighted by atomic mass is 127. The third-order valence-electron chi connectivity index (χ3n) is 26.0. The summed E-state index contributed by atoms with van der Waals surface area (Å²) < 4.78 is 19.0. The van der Waals surface area contributed by atoms with E-state index in [1.54, 1.807) is 16.9 Å². The molecule has 0 atom stereocenters. The molecule has 0 bridgehead atoms. The molecule has 13 aromatic rings. The summed E-state index contributed by atoms with van der Waals surface area (Å²) in [5, 5.41) is 5.49. The van der Waals surface area contributed by atoms with Gasteiger partial charge in [0.25, 0.3) is 90.4 Å². The number of Topliss-reactive ketones (excluding diaryl/α,β-unsaturated/α-hetero) is 3. The first kappa shape index (κ1) is 113. The predicted molar refractivity (Wildman–Crippen MR) is 595 cm³/mol. The second-order valence-corrected chi connectivity index (χ2v) is 58.4. The lowest BCUT2D eigenvalue weighted by molar-refractivity contribution is -0.328. The normalized spacial score (nSPS) is 15.3. The van der Waals surface area contributed by atoms with Crippen LogP contribution in [0.25, 0.3) is 35.8 Å². The largest absolute Gasteiger partial charge is 0.497 e. The summed E-state index contributed by atoms with van der Waals surface area (Å²) in [6, 6.07) is 107. The Morgan fingerprint density at radius 1 is 0.372 bits per heavy atom. The van der Waals surface area contributed by atoms with Crippen LogP contribution in [0.15, 0.2) is 313 Å². The lowest BCUT2D eigenvalue weighted by atomic mass is 9.82. The number of unbranched alkanes of at least 4 members (excludes halogenated alkanes) is 1. The standard InChI is InChI=1S/C20H29OS.C18H23OS.C18H13S.C12H15OS.C11H16I.C10H14I.C10H19OS.C10H13S.C7H8IO.C6H6I/c1-20(2,22-14-6-7-15-22)19(21)18-12-10-17(11-13-18)16-8-4-3-5-9-16;1-2-3-12-19-17-10-11-18(20-13-6-7-14-20)16-9-5-4-8-15(16)17;1-2-8-14(9-3-1)19-17-12-6-4-10-15(17)16-11-5-7-13-18(16)19;13-12(10-14-8-4-5-9-14)11-6-2-1-3-7-11;1-4-11(2,3)9-5-7-10(12)8-6-9;1-10(2,3)8-4-6-9(11)7-5-8;1-10(2,3)9(11)8-12-6-4-5-7-12;1-2-6-10(7-3-1)11-8-4-5-9-11;1-9-7-4-2-6(8)3-5-7;7-6-4-2-1-3-5-6/h10-13,16H,3-9,14-15H2,1-2H3;4-5,8-11H,2-3,6-7,12-14H2,1H3;1-13H;1-3,6-7H,4-5,8-10H2;5-8,12H,4H2,1-3H3;4-7,11H,1-3H3;4-8H2,1-3H3;1-3,6-7H,4-5,8-9H2;2-5,8H,1H3;1-5,7H/q10*+1. The second kappa shape index (κ2) is 59.6. The Balaban J connectivity index is 0.000000160. The second-order valence-electron chi connectivity index (χ2n) is 39.1. The number of ether oxygens (including phenoxy) is 2. The van der Waals surface area contributed by atoms with Crippen molar-refractivity contribution in [3.8, 4) is 16.4 Å². The Kier molecular flexibility index (Phi) is 49.3. The Morgan fingerprint density at radius 3 is 1.26 bits per heavy atom. The molecule has 19 rings (SSSR count). The molecule has 5 saturated heterocycles. The number of thiophene rings is 1. The van der Waals surface area contributed by atoms with E-state index in [0.717, 1.165) is 53.1 Å². The molecule has 12 aromatic carbocycles. The van der Waals surface area contributed by atoms with Crippen LogP contribution >= 0.6 is 10.5 Å². The Hall–Kier alpha value is -5.60. The van der Waals surface area contributed by atoms with Gasteiger partial charge >= 0.3 is 0 Å². The molecule has 5 nitrogen and oxygen atoms in total. The number of ketones is 3. The molecule has 6 heterocycles. The number of methoxy groups -OCH3 is 1. The van der Waals surface area contributed by atoms with E-state index < -0.39 is 0 Å². The molecule has 15 heteroatoms. The minimum atomic E-state index is -0.178. The first-order valence-corrected chi connectivity index (χ1v) is 63.9. The van der Waals surface area contributed by atoms with Crippen molar-refractivity contribution < 1.29 is 114 Å². The van der Waals surface area contributed by atoms with Crippen molar-refractivity contribution in [2.24, 2.45) is 5.41 Å². The molecule has 1 saturated carbocycles. The Bertz CT molecular complexity index is 5600. The number of carbonyl (C=O) groups excluding carboxylic acids is 3. The molecule has 5 aliphatic heterocycles. The average Bonchev–Trinajstić information content (AvgIpc) is 1.60. The molecule has 1 aliphatic carbocycles. The highest BCUT2D eigenvalue weighted by molar-refractivity contribution is 7.99. The van der Waals surface area contributed by atoms with Crippen molar-refractivity contribution in [2.75, 3.05) is 82.8 Å². The van der Waals surface area contributed by atoms with Crippen LogP contribution in [-0.4, -0.2) is 105 Å². The SMILES string of the molecule is CC(C)(C(=O)c1ccc(C2CCCCC2)cc1)[S+]1CCCC1.CC(C)(C)C(=O)C[S+]1CCCC1.CC(C)(C)c1ccc([IH+])cc1.CCC(C)(C)c1ccc([IH+])cc1.CCCCOc1ccc([S+]2CCCC2)c2ccccc12.COc1ccc([IH+])cc1.O=C(C[S+]1CCCC1)c1ccccc1.[IH+]c1ccccc1.c1ccc(-[s+]2c3ccccc3c3ccccc32)cc1.c1ccc([S+]2CCCC2)cc1. The molecule has 137 heavy (non-hydrogen) atoms. The van der Waals surface area contributed by atoms with Gasteiger partial charge in [0.05, 0.1) is 13.7 Å².